The molecule has 2 aromatic rings. The SMILES string of the molecule is CN=C(NCCc1ccccn1)NCc1cccc(S(=O)(=O)NCCOC)c1.I. The molecule has 0 unspecified atom stereocenters. The van der Waals surface area contributed by atoms with E-state index in [0.29, 0.717) is 25.7 Å². The van der Waals surface area contributed by atoms with E-state index in [2.05, 4.69) is 25.3 Å². The monoisotopic (exact) mass is 533 g/mol. The molecule has 0 fully saturated rings. The van der Waals surface area contributed by atoms with Crippen LogP contribution in [0.5, 0.6) is 0 Å². The normalized spacial score (nSPS) is 11.6. The molecule has 0 amide bonds. The minimum absolute atomic E-state index is 0. The number of hydrogen-bond acceptors (Lipinski definition) is 5. The van der Waals surface area contributed by atoms with Crippen molar-refractivity contribution in [3.63, 3.8) is 0 Å². The summed E-state index contributed by atoms with van der Waals surface area (Å²) in [6, 6.07) is 12.6. The van der Waals surface area contributed by atoms with Crippen molar-refractivity contribution in [1.29, 1.82) is 0 Å². The van der Waals surface area contributed by atoms with E-state index < -0.39 is 10.0 Å². The Morgan fingerprint density at radius 3 is 2.66 bits per heavy atom. The quantitative estimate of drug-likeness (QED) is 0.185. The lowest BCUT2D eigenvalue weighted by molar-refractivity contribution is 0.204. The van der Waals surface area contributed by atoms with Gasteiger partial charge in [0, 0.05) is 52.1 Å². The first kappa shape index (κ1) is 25.3. The average molecular weight is 533 g/mol. The average Bonchev–Trinajstić information content (AvgIpc) is 2.71. The molecule has 2 rings (SSSR count). The fourth-order valence-corrected chi connectivity index (χ4v) is 3.53. The van der Waals surface area contributed by atoms with Gasteiger partial charge in [-0.05, 0) is 29.8 Å². The van der Waals surface area contributed by atoms with Crippen molar-refractivity contribution in [2.45, 2.75) is 17.9 Å². The smallest absolute Gasteiger partial charge is 0.240 e. The molecular weight excluding hydrogens is 505 g/mol. The maximum atomic E-state index is 12.3. The van der Waals surface area contributed by atoms with E-state index in [4.69, 9.17) is 4.74 Å². The van der Waals surface area contributed by atoms with E-state index >= 15 is 0 Å². The van der Waals surface area contributed by atoms with Gasteiger partial charge in [0.05, 0.1) is 11.5 Å². The van der Waals surface area contributed by atoms with Crippen LogP contribution in [0.4, 0.5) is 0 Å². The zero-order valence-electron chi connectivity index (χ0n) is 16.6. The summed E-state index contributed by atoms with van der Waals surface area (Å²) in [5, 5.41) is 6.41. The van der Waals surface area contributed by atoms with Gasteiger partial charge in [0.25, 0.3) is 0 Å². The van der Waals surface area contributed by atoms with Crippen LogP contribution in [-0.2, 0) is 27.7 Å². The summed E-state index contributed by atoms with van der Waals surface area (Å²) in [7, 11) is -0.338. The topological polar surface area (TPSA) is 105 Å². The van der Waals surface area contributed by atoms with Crippen molar-refractivity contribution in [1.82, 2.24) is 20.3 Å². The number of ether oxygens (including phenoxy) is 1. The maximum Gasteiger partial charge on any atom is 0.240 e. The van der Waals surface area contributed by atoms with Crippen LogP contribution in [0.25, 0.3) is 0 Å². The van der Waals surface area contributed by atoms with Gasteiger partial charge in [-0.1, -0.05) is 18.2 Å². The van der Waals surface area contributed by atoms with Crippen LogP contribution in [0.2, 0.25) is 0 Å². The number of aliphatic imine (C=N–C) groups is 1. The second kappa shape index (κ2) is 13.5. The molecular formula is C19H28IN5O3S. The number of halogens is 1. The van der Waals surface area contributed by atoms with Gasteiger partial charge in [0.2, 0.25) is 10.0 Å². The Kier molecular flexibility index (Phi) is 11.7. The number of hydrogen-bond donors (Lipinski definition) is 3. The number of guanidine groups is 1. The molecule has 1 aromatic carbocycles. The number of nitrogens with one attached hydrogen (secondary N) is 3. The van der Waals surface area contributed by atoms with Crippen LogP contribution >= 0.6 is 24.0 Å². The van der Waals surface area contributed by atoms with E-state index in [1.165, 1.54) is 7.11 Å². The molecule has 1 heterocycles. The van der Waals surface area contributed by atoms with Crippen LogP contribution in [0, 0.1) is 0 Å². The number of pyridine rings is 1. The molecule has 0 aliphatic heterocycles. The molecule has 0 saturated carbocycles. The fraction of sp³-hybridized carbons (Fsp3) is 0.368. The predicted octanol–water partition coefficient (Wildman–Crippen LogP) is 1.53. The highest BCUT2D eigenvalue weighted by Gasteiger charge is 2.13. The Labute approximate surface area is 189 Å². The Bertz CT molecular complexity index is 863. The summed E-state index contributed by atoms with van der Waals surface area (Å²) in [4.78, 5) is 8.69. The van der Waals surface area contributed by atoms with Crippen molar-refractivity contribution in [2.24, 2.45) is 4.99 Å². The second-order valence-electron chi connectivity index (χ2n) is 5.96. The van der Waals surface area contributed by atoms with Crippen LogP contribution in [0.1, 0.15) is 11.3 Å². The molecule has 8 nitrogen and oxygen atoms in total. The van der Waals surface area contributed by atoms with Gasteiger partial charge in [-0.3, -0.25) is 9.98 Å². The Morgan fingerprint density at radius 2 is 1.97 bits per heavy atom. The molecule has 0 saturated heterocycles. The standard InChI is InChI=1S/C19H27N5O3S.HI/c1-20-19(22-11-9-17-7-3-4-10-21-17)23-15-16-6-5-8-18(14-16)28(25,26)24-12-13-27-2;/h3-8,10,14,24H,9,11-13,15H2,1-2H3,(H2,20,22,23);1H. The molecule has 0 atom stereocenters. The highest BCUT2D eigenvalue weighted by molar-refractivity contribution is 14.0. The van der Waals surface area contributed by atoms with Crippen molar-refractivity contribution in [3.8, 4) is 0 Å². The Balaban J connectivity index is 0.00000420. The summed E-state index contributed by atoms with van der Waals surface area (Å²) in [5.41, 5.74) is 1.84. The molecule has 0 radical (unpaired) electrons. The van der Waals surface area contributed by atoms with Crippen molar-refractivity contribution in [3.05, 3.63) is 59.9 Å². The highest BCUT2D eigenvalue weighted by Crippen LogP contribution is 2.11. The van der Waals surface area contributed by atoms with Crippen LogP contribution < -0.4 is 15.4 Å². The minimum Gasteiger partial charge on any atom is -0.383 e. The molecule has 0 spiro atoms. The fourth-order valence-electron chi connectivity index (χ4n) is 2.45. The number of rotatable bonds is 10. The molecule has 160 valence electrons. The zero-order valence-corrected chi connectivity index (χ0v) is 19.7. The first-order valence-electron chi connectivity index (χ1n) is 8.97. The number of sulfonamides is 1. The van der Waals surface area contributed by atoms with Crippen LogP contribution in [0.15, 0.2) is 58.5 Å². The van der Waals surface area contributed by atoms with Gasteiger partial charge in [-0.15, -0.1) is 24.0 Å². The summed E-state index contributed by atoms with van der Waals surface area (Å²) in [6.45, 7) is 1.69. The summed E-state index contributed by atoms with van der Waals surface area (Å²) >= 11 is 0. The van der Waals surface area contributed by atoms with Gasteiger partial charge >= 0.3 is 0 Å². The first-order valence-corrected chi connectivity index (χ1v) is 10.5. The van der Waals surface area contributed by atoms with E-state index in [-0.39, 0.29) is 35.4 Å². The molecule has 29 heavy (non-hydrogen) atoms. The Hall–Kier alpha value is -1.76. The van der Waals surface area contributed by atoms with E-state index in [1.54, 1.807) is 31.4 Å². The van der Waals surface area contributed by atoms with Gasteiger partial charge in [-0.25, -0.2) is 13.1 Å². The van der Waals surface area contributed by atoms with Crippen LogP contribution in [-0.4, -0.2) is 53.2 Å². The molecule has 3 N–H and O–H groups in total. The lowest BCUT2D eigenvalue weighted by atomic mass is 10.2. The van der Waals surface area contributed by atoms with Crippen molar-refractivity contribution >= 4 is 40.0 Å². The number of aromatic nitrogens is 1. The zero-order chi connectivity index (χ0) is 20.2. The molecule has 0 bridgehead atoms. The molecule has 0 aliphatic carbocycles. The van der Waals surface area contributed by atoms with Crippen LogP contribution in [0.3, 0.4) is 0 Å². The van der Waals surface area contributed by atoms with Crippen molar-refractivity contribution in [2.75, 3.05) is 33.9 Å². The third kappa shape index (κ3) is 9.07. The third-order valence-corrected chi connectivity index (χ3v) is 5.35. The minimum atomic E-state index is -3.55. The number of benzene rings is 1. The van der Waals surface area contributed by atoms with Gasteiger partial charge < -0.3 is 15.4 Å². The lowest BCUT2D eigenvalue weighted by Crippen LogP contribution is -2.38. The summed E-state index contributed by atoms with van der Waals surface area (Å²) in [6.07, 6.45) is 2.55. The number of nitrogens with zero attached hydrogens (tertiary/aromatic N) is 2. The molecule has 10 heteroatoms. The largest absolute Gasteiger partial charge is 0.383 e. The van der Waals surface area contributed by atoms with Gasteiger partial charge in [0.1, 0.15) is 0 Å². The number of methoxy groups -OCH3 is 1. The third-order valence-electron chi connectivity index (χ3n) is 3.89. The first-order chi connectivity index (χ1) is 13.5. The van der Waals surface area contributed by atoms with Crippen molar-refractivity contribution < 1.29 is 13.2 Å². The van der Waals surface area contributed by atoms with E-state index in [1.807, 2.05) is 24.3 Å². The summed E-state index contributed by atoms with van der Waals surface area (Å²) < 4.78 is 32.0. The Morgan fingerprint density at radius 1 is 1.14 bits per heavy atom. The predicted molar refractivity (Wildman–Crippen MR) is 125 cm³/mol. The van der Waals surface area contributed by atoms with E-state index in [0.717, 1.165) is 17.7 Å². The highest BCUT2D eigenvalue weighted by atomic mass is 127. The summed E-state index contributed by atoms with van der Waals surface area (Å²) in [5.74, 6) is 0.641. The maximum absolute atomic E-state index is 12.3. The van der Waals surface area contributed by atoms with Gasteiger partial charge in [0.15, 0.2) is 5.96 Å². The molecule has 0 aliphatic rings. The lowest BCUT2D eigenvalue weighted by Gasteiger charge is -2.13. The van der Waals surface area contributed by atoms with Gasteiger partial charge in [-0.2, -0.15) is 0 Å². The molecule has 1 aromatic heterocycles. The van der Waals surface area contributed by atoms with E-state index in [9.17, 15) is 8.42 Å². The second-order valence-corrected chi connectivity index (χ2v) is 7.73.